The average Bonchev–Trinajstić information content (AvgIpc) is 2.60. The van der Waals surface area contributed by atoms with Crippen LogP contribution in [0.1, 0.15) is 37.0 Å². The first-order chi connectivity index (χ1) is 11.6. The molecule has 0 fully saturated rings. The van der Waals surface area contributed by atoms with Crippen molar-refractivity contribution in [3.05, 3.63) is 53.3 Å². The van der Waals surface area contributed by atoms with Gasteiger partial charge >= 0.3 is 0 Å². The SMILES string of the molecule is CC/C(=C\C=C(/C)CC(=O)c1ccc(OCCO)cc1)OCCO. The van der Waals surface area contributed by atoms with Crippen molar-refractivity contribution in [3.8, 4) is 5.75 Å². The number of ketones is 1. The van der Waals surface area contributed by atoms with Crippen LogP contribution in [0, 0.1) is 0 Å². The molecule has 0 saturated carbocycles. The van der Waals surface area contributed by atoms with Crippen LogP contribution in [0.15, 0.2) is 47.7 Å². The van der Waals surface area contributed by atoms with E-state index in [0.29, 0.717) is 17.7 Å². The number of rotatable bonds is 11. The molecule has 0 saturated heterocycles. The zero-order valence-corrected chi connectivity index (χ0v) is 14.3. The second-order valence-electron chi connectivity index (χ2n) is 5.27. The standard InChI is InChI=1S/C19H26O5/c1-3-17(23-12-10-20)7-4-15(2)14-19(22)16-5-8-18(9-6-16)24-13-11-21/h4-9,20-21H,3,10-14H2,1-2H3/b15-4+,17-7+. The lowest BCUT2D eigenvalue weighted by Gasteiger charge is -2.07. The van der Waals surface area contributed by atoms with E-state index in [1.807, 2.05) is 26.0 Å². The van der Waals surface area contributed by atoms with Crippen LogP contribution in [0.5, 0.6) is 5.75 Å². The molecule has 1 aromatic carbocycles. The zero-order chi connectivity index (χ0) is 17.8. The smallest absolute Gasteiger partial charge is 0.166 e. The molecule has 1 rings (SSSR count). The van der Waals surface area contributed by atoms with Gasteiger partial charge in [0.1, 0.15) is 19.0 Å². The van der Waals surface area contributed by atoms with Crippen molar-refractivity contribution in [1.82, 2.24) is 0 Å². The van der Waals surface area contributed by atoms with Crippen molar-refractivity contribution in [1.29, 1.82) is 0 Å². The molecular formula is C19H26O5. The third-order valence-electron chi connectivity index (χ3n) is 3.26. The molecule has 24 heavy (non-hydrogen) atoms. The van der Waals surface area contributed by atoms with Gasteiger partial charge < -0.3 is 19.7 Å². The number of hydrogen-bond donors (Lipinski definition) is 2. The molecule has 0 aliphatic heterocycles. The molecule has 0 amide bonds. The van der Waals surface area contributed by atoms with E-state index in [-0.39, 0.29) is 32.2 Å². The molecule has 1 aromatic rings. The van der Waals surface area contributed by atoms with E-state index in [1.165, 1.54) is 0 Å². The minimum absolute atomic E-state index is 0.0173. The Morgan fingerprint density at radius 3 is 2.33 bits per heavy atom. The summed E-state index contributed by atoms with van der Waals surface area (Å²) in [4.78, 5) is 12.3. The van der Waals surface area contributed by atoms with Crippen LogP contribution in [-0.4, -0.2) is 42.4 Å². The minimum Gasteiger partial charge on any atom is -0.496 e. The van der Waals surface area contributed by atoms with Crippen molar-refractivity contribution < 1.29 is 24.5 Å². The molecule has 0 atom stereocenters. The maximum absolute atomic E-state index is 12.3. The van der Waals surface area contributed by atoms with Crippen molar-refractivity contribution in [3.63, 3.8) is 0 Å². The summed E-state index contributed by atoms with van der Waals surface area (Å²) in [6.07, 6.45) is 4.76. The van der Waals surface area contributed by atoms with Gasteiger partial charge in [-0.25, -0.2) is 0 Å². The molecule has 0 bridgehead atoms. The first kappa shape index (κ1) is 19.9. The normalized spacial score (nSPS) is 12.2. The summed E-state index contributed by atoms with van der Waals surface area (Å²) >= 11 is 0. The Labute approximate surface area is 143 Å². The van der Waals surface area contributed by atoms with Crippen LogP contribution < -0.4 is 4.74 Å². The topological polar surface area (TPSA) is 76.0 Å². The van der Waals surface area contributed by atoms with Crippen LogP contribution in [0.25, 0.3) is 0 Å². The lowest BCUT2D eigenvalue weighted by molar-refractivity contribution is 0.0993. The second-order valence-corrected chi connectivity index (χ2v) is 5.27. The van der Waals surface area contributed by atoms with Crippen LogP contribution >= 0.6 is 0 Å². The number of hydrogen-bond acceptors (Lipinski definition) is 5. The van der Waals surface area contributed by atoms with Gasteiger partial charge in [0, 0.05) is 18.4 Å². The lowest BCUT2D eigenvalue weighted by Crippen LogP contribution is -2.03. The fourth-order valence-electron chi connectivity index (χ4n) is 1.99. The third kappa shape index (κ3) is 7.44. The first-order valence-corrected chi connectivity index (χ1v) is 8.07. The third-order valence-corrected chi connectivity index (χ3v) is 3.26. The van der Waals surface area contributed by atoms with Gasteiger partial charge in [-0.05, 0) is 37.3 Å². The van der Waals surface area contributed by atoms with Gasteiger partial charge in [0.25, 0.3) is 0 Å². The molecule has 0 radical (unpaired) electrons. The summed E-state index contributed by atoms with van der Waals surface area (Å²) in [6.45, 7) is 4.32. The van der Waals surface area contributed by atoms with E-state index in [1.54, 1.807) is 24.3 Å². The molecule has 5 heteroatoms. The van der Waals surface area contributed by atoms with E-state index in [4.69, 9.17) is 19.7 Å². The Morgan fingerprint density at radius 1 is 1.08 bits per heavy atom. The summed E-state index contributed by atoms with van der Waals surface area (Å²) in [5, 5.41) is 17.5. The predicted octanol–water partition coefficient (Wildman–Crippen LogP) is 2.88. The minimum atomic E-state index is -0.0417. The fourth-order valence-corrected chi connectivity index (χ4v) is 1.99. The van der Waals surface area contributed by atoms with Crippen LogP contribution in [0.3, 0.4) is 0 Å². The molecule has 132 valence electrons. The highest BCUT2D eigenvalue weighted by Gasteiger charge is 2.07. The number of carbonyl (C=O) groups excluding carboxylic acids is 1. The number of Topliss-reactive ketones (excluding diaryl/α,β-unsaturated/α-hetero) is 1. The molecule has 2 N–H and O–H groups in total. The largest absolute Gasteiger partial charge is 0.496 e. The Balaban J connectivity index is 2.62. The van der Waals surface area contributed by atoms with E-state index in [2.05, 4.69) is 0 Å². The molecular weight excluding hydrogens is 308 g/mol. The predicted molar refractivity (Wildman–Crippen MR) is 93.1 cm³/mol. The van der Waals surface area contributed by atoms with E-state index in [9.17, 15) is 4.79 Å². The Bertz CT molecular complexity index is 558. The number of aliphatic hydroxyl groups is 2. The number of ether oxygens (including phenoxy) is 2. The van der Waals surface area contributed by atoms with Gasteiger partial charge in [0.05, 0.1) is 19.0 Å². The number of benzene rings is 1. The summed E-state index contributed by atoms with van der Waals surface area (Å²) < 4.78 is 10.6. The summed E-state index contributed by atoms with van der Waals surface area (Å²) in [7, 11) is 0. The van der Waals surface area contributed by atoms with Gasteiger partial charge in [0.15, 0.2) is 5.78 Å². The molecule has 0 aliphatic rings. The van der Waals surface area contributed by atoms with Gasteiger partial charge in [-0.15, -0.1) is 0 Å². The highest BCUT2D eigenvalue weighted by atomic mass is 16.5. The quantitative estimate of drug-likeness (QED) is 0.370. The Kier molecular flexibility index (Phi) is 9.49. The van der Waals surface area contributed by atoms with Crippen molar-refractivity contribution in [2.45, 2.75) is 26.7 Å². The highest BCUT2D eigenvalue weighted by molar-refractivity contribution is 5.97. The van der Waals surface area contributed by atoms with Crippen LogP contribution in [-0.2, 0) is 4.74 Å². The number of allylic oxidation sites excluding steroid dienone is 4. The molecule has 0 heterocycles. The van der Waals surface area contributed by atoms with Crippen molar-refractivity contribution in [2.24, 2.45) is 0 Å². The van der Waals surface area contributed by atoms with Crippen LogP contribution in [0.2, 0.25) is 0 Å². The molecule has 0 aliphatic carbocycles. The summed E-state index contributed by atoms with van der Waals surface area (Å²) in [6, 6.07) is 6.89. The van der Waals surface area contributed by atoms with E-state index >= 15 is 0 Å². The van der Waals surface area contributed by atoms with Crippen molar-refractivity contribution in [2.75, 3.05) is 26.4 Å². The van der Waals surface area contributed by atoms with Gasteiger partial charge in [-0.2, -0.15) is 0 Å². The zero-order valence-electron chi connectivity index (χ0n) is 14.3. The fraction of sp³-hybridized carbons (Fsp3) is 0.421. The summed E-state index contributed by atoms with van der Waals surface area (Å²) in [5.74, 6) is 1.44. The van der Waals surface area contributed by atoms with Crippen LogP contribution in [0.4, 0.5) is 0 Å². The van der Waals surface area contributed by atoms with Gasteiger partial charge in [0.2, 0.25) is 0 Å². The first-order valence-electron chi connectivity index (χ1n) is 8.07. The molecule has 0 aromatic heterocycles. The van der Waals surface area contributed by atoms with Gasteiger partial charge in [-0.1, -0.05) is 18.6 Å². The number of carbonyl (C=O) groups is 1. The monoisotopic (exact) mass is 334 g/mol. The van der Waals surface area contributed by atoms with Crippen molar-refractivity contribution >= 4 is 5.78 Å². The second kappa shape index (κ2) is 11.4. The maximum Gasteiger partial charge on any atom is 0.166 e. The van der Waals surface area contributed by atoms with E-state index < -0.39 is 0 Å². The Hall–Kier alpha value is -2.11. The molecule has 5 nitrogen and oxygen atoms in total. The van der Waals surface area contributed by atoms with Gasteiger partial charge in [-0.3, -0.25) is 4.79 Å². The van der Waals surface area contributed by atoms with E-state index in [0.717, 1.165) is 17.8 Å². The Morgan fingerprint density at radius 2 is 1.75 bits per heavy atom. The average molecular weight is 334 g/mol. The highest BCUT2D eigenvalue weighted by Crippen LogP contribution is 2.15. The number of aliphatic hydroxyl groups excluding tert-OH is 2. The summed E-state index contributed by atoms with van der Waals surface area (Å²) in [5.41, 5.74) is 1.55. The molecule has 0 unspecified atom stereocenters. The molecule has 0 spiro atoms. The lowest BCUT2D eigenvalue weighted by atomic mass is 10.0. The maximum atomic E-state index is 12.3.